The second-order valence-corrected chi connectivity index (χ2v) is 7.65. The number of rotatable bonds is 4. The third kappa shape index (κ3) is 2.95. The van der Waals surface area contributed by atoms with Crippen molar-refractivity contribution < 1.29 is 13.2 Å². The molecule has 1 amide bonds. The van der Waals surface area contributed by atoms with E-state index in [1.165, 1.54) is 12.1 Å². The van der Waals surface area contributed by atoms with Crippen molar-refractivity contribution in [2.45, 2.75) is 31.2 Å². The molecule has 0 bridgehead atoms. The van der Waals surface area contributed by atoms with Crippen LogP contribution in [0.1, 0.15) is 29.8 Å². The second-order valence-electron chi connectivity index (χ2n) is 5.89. The number of anilines is 1. The van der Waals surface area contributed by atoms with Crippen molar-refractivity contribution >= 4 is 21.6 Å². The lowest BCUT2D eigenvalue weighted by molar-refractivity contribution is 0.0981. The lowest BCUT2D eigenvalue weighted by Gasteiger charge is -2.23. The van der Waals surface area contributed by atoms with E-state index in [1.54, 1.807) is 24.0 Å². The molecule has 0 saturated carbocycles. The monoisotopic (exact) mass is 344 g/mol. The fraction of sp³-hybridized carbons (Fsp3) is 0.278. The Morgan fingerprint density at radius 1 is 1.21 bits per heavy atom. The first-order valence-corrected chi connectivity index (χ1v) is 9.43. The predicted molar refractivity (Wildman–Crippen MR) is 93.7 cm³/mol. The van der Waals surface area contributed by atoms with Gasteiger partial charge in [0.25, 0.3) is 5.91 Å². The summed E-state index contributed by atoms with van der Waals surface area (Å²) in [6, 6.07) is 14.0. The average molecular weight is 344 g/mol. The molecular weight excluding hydrogens is 324 g/mol. The number of carbonyl (C=O) groups excluding carboxylic acids is 1. The summed E-state index contributed by atoms with van der Waals surface area (Å²) in [5.74, 6) is -0.180. The van der Waals surface area contributed by atoms with Gasteiger partial charge in [-0.15, -0.1) is 0 Å². The Bertz CT molecular complexity index is 877. The van der Waals surface area contributed by atoms with E-state index in [0.717, 1.165) is 17.7 Å². The van der Waals surface area contributed by atoms with Crippen LogP contribution in [0.4, 0.5) is 5.69 Å². The summed E-state index contributed by atoms with van der Waals surface area (Å²) in [5, 5.41) is 0. The number of hydrogen-bond donors (Lipinski definition) is 1. The van der Waals surface area contributed by atoms with Crippen molar-refractivity contribution in [3.05, 3.63) is 59.7 Å². The van der Waals surface area contributed by atoms with E-state index in [4.69, 9.17) is 0 Å². The number of hydrogen-bond acceptors (Lipinski definition) is 3. The first-order valence-electron chi connectivity index (χ1n) is 7.95. The standard InChI is InChI=1S/C18H20N2O3S/c1-3-19-24(22,23)16-9-6-8-15(12-16)18(21)20-13(2)11-14-7-4-5-10-17(14)20/h4-10,12-13,19H,3,11H2,1-2H3/t13-/m1/s1. The molecule has 0 saturated heterocycles. The fourth-order valence-electron chi connectivity index (χ4n) is 3.08. The lowest BCUT2D eigenvalue weighted by Crippen LogP contribution is -2.35. The molecule has 3 rings (SSSR count). The van der Waals surface area contributed by atoms with Crippen LogP contribution < -0.4 is 9.62 Å². The number of para-hydroxylation sites is 1. The molecule has 24 heavy (non-hydrogen) atoms. The number of nitrogens with one attached hydrogen (secondary N) is 1. The van der Waals surface area contributed by atoms with Gasteiger partial charge in [0.05, 0.1) is 4.90 Å². The van der Waals surface area contributed by atoms with Gasteiger partial charge < -0.3 is 4.90 Å². The molecule has 0 aliphatic carbocycles. The molecule has 0 fully saturated rings. The van der Waals surface area contributed by atoms with Gasteiger partial charge >= 0.3 is 0 Å². The van der Waals surface area contributed by atoms with Crippen molar-refractivity contribution in [1.29, 1.82) is 0 Å². The maximum absolute atomic E-state index is 13.0. The van der Waals surface area contributed by atoms with Crippen molar-refractivity contribution in [3.63, 3.8) is 0 Å². The van der Waals surface area contributed by atoms with Crippen LogP contribution in [-0.2, 0) is 16.4 Å². The minimum Gasteiger partial charge on any atom is -0.305 e. The molecule has 0 radical (unpaired) electrons. The summed E-state index contributed by atoms with van der Waals surface area (Å²) in [6.07, 6.45) is 0.803. The Morgan fingerprint density at radius 3 is 2.71 bits per heavy atom. The molecule has 1 atom stereocenters. The number of sulfonamides is 1. The van der Waals surface area contributed by atoms with Crippen LogP contribution in [0.15, 0.2) is 53.4 Å². The molecule has 0 aromatic heterocycles. The normalized spacial score (nSPS) is 16.9. The van der Waals surface area contributed by atoms with Gasteiger partial charge in [-0.3, -0.25) is 4.79 Å². The van der Waals surface area contributed by atoms with Crippen molar-refractivity contribution in [3.8, 4) is 0 Å². The number of carbonyl (C=O) groups is 1. The SMILES string of the molecule is CCNS(=O)(=O)c1cccc(C(=O)N2c3ccccc3C[C@H]2C)c1. The molecule has 1 aliphatic heterocycles. The molecular formula is C18H20N2O3S. The summed E-state index contributed by atoms with van der Waals surface area (Å²) in [7, 11) is -3.58. The Hall–Kier alpha value is -2.18. The number of amides is 1. The minimum atomic E-state index is -3.58. The van der Waals surface area contributed by atoms with E-state index in [2.05, 4.69) is 4.72 Å². The smallest absolute Gasteiger partial charge is 0.258 e. The van der Waals surface area contributed by atoms with Gasteiger partial charge in [-0.1, -0.05) is 31.2 Å². The molecule has 0 spiro atoms. The maximum atomic E-state index is 13.0. The summed E-state index contributed by atoms with van der Waals surface area (Å²) >= 11 is 0. The molecule has 5 nitrogen and oxygen atoms in total. The highest BCUT2D eigenvalue weighted by Gasteiger charge is 2.31. The van der Waals surface area contributed by atoms with Gasteiger partial charge in [0.2, 0.25) is 10.0 Å². The summed E-state index contributed by atoms with van der Waals surface area (Å²) in [5.41, 5.74) is 2.40. The van der Waals surface area contributed by atoms with Gasteiger partial charge in [0.15, 0.2) is 0 Å². The molecule has 126 valence electrons. The number of fused-ring (bicyclic) bond motifs is 1. The Morgan fingerprint density at radius 2 is 1.96 bits per heavy atom. The Labute approximate surface area is 142 Å². The third-order valence-corrected chi connectivity index (χ3v) is 5.69. The molecule has 6 heteroatoms. The maximum Gasteiger partial charge on any atom is 0.258 e. The quantitative estimate of drug-likeness (QED) is 0.927. The van der Waals surface area contributed by atoms with Crippen molar-refractivity contribution in [1.82, 2.24) is 4.72 Å². The zero-order chi connectivity index (χ0) is 17.3. The van der Waals surface area contributed by atoms with Crippen LogP contribution in [0.3, 0.4) is 0 Å². The molecule has 1 N–H and O–H groups in total. The van der Waals surface area contributed by atoms with E-state index >= 15 is 0 Å². The minimum absolute atomic E-state index is 0.0453. The summed E-state index contributed by atoms with van der Waals surface area (Å²) in [6.45, 7) is 4.02. The Kier molecular flexibility index (Phi) is 4.43. The van der Waals surface area contributed by atoms with E-state index in [0.29, 0.717) is 12.1 Å². The van der Waals surface area contributed by atoms with Crippen LogP contribution in [-0.4, -0.2) is 26.9 Å². The fourth-order valence-corrected chi connectivity index (χ4v) is 4.17. The van der Waals surface area contributed by atoms with Gasteiger partial charge in [0.1, 0.15) is 0 Å². The first kappa shape index (κ1) is 16.7. The lowest BCUT2D eigenvalue weighted by atomic mass is 10.1. The molecule has 2 aromatic rings. The summed E-state index contributed by atoms with van der Waals surface area (Å²) in [4.78, 5) is 14.8. The largest absolute Gasteiger partial charge is 0.305 e. The summed E-state index contributed by atoms with van der Waals surface area (Å²) < 4.78 is 26.8. The zero-order valence-electron chi connectivity index (χ0n) is 13.7. The molecule has 0 unspecified atom stereocenters. The number of nitrogens with zero attached hydrogens (tertiary/aromatic N) is 1. The van der Waals surface area contributed by atoms with Crippen LogP contribution in [0.25, 0.3) is 0 Å². The van der Waals surface area contributed by atoms with Gasteiger partial charge in [-0.2, -0.15) is 0 Å². The molecule has 2 aromatic carbocycles. The zero-order valence-corrected chi connectivity index (χ0v) is 14.5. The van der Waals surface area contributed by atoms with E-state index in [-0.39, 0.29) is 16.8 Å². The highest BCUT2D eigenvalue weighted by atomic mass is 32.2. The van der Waals surface area contributed by atoms with Gasteiger partial charge in [-0.25, -0.2) is 13.1 Å². The van der Waals surface area contributed by atoms with E-state index in [9.17, 15) is 13.2 Å². The van der Waals surface area contributed by atoms with E-state index in [1.807, 2.05) is 31.2 Å². The van der Waals surface area contributed by atoms with Crippen molar-refractivity contribution in [2.24, 2.45) is 0 Å². The van der Waals surface area contributed by atoms with Crippen LogP contribution in [0.5, 0.6) is 0 Å². The van der Waals surface area contributed by atoms with Crippen LogP contribution >= 0.6 is 0 Å². The molecule has 1 aliphatic rings. The molecule has 1 heterocycles. The Balaban J connectivity index is 1.97. The van der Waals surface area contributed by atoms with E-state index < -0.39 is 10.0 Å². The highest BCUT2D eigenvalue weighted by molar-refractivity contribution is 7.89. The topological polar surface area (TPSA) is 66.5 Å². The highest BCUT2D eigenvalue weighted by Crippen LogP contribution is 2.33. The third-order valence-electron chi connectivity index (χ3n) is 4.15. The van der Waals surface area contributed by atoms with Gasteiger partial charge in [-0.05, 0) is 43.2 Å². The number of benzene rings is 2. The van der Waals surface area contributed by atoms with Crippen LogP contribution in [0, 0.1) is 0 Å². The predicted octanol–water partition coefficient (Wildman–Crippen LogP) is 2.58. The first-order chi connectivity index (χ1) is 11.4. The van der Waals surface area contributed by atoms with Crippen molar-refractivity contribution in [2.75, 3.05) is 11.4 Å². The van der Waals surface area contributed by atoms with Crippen LogP contribution in [0.2, 0.25) is 0 Å². The second kappa shape index (κ2) is 6.37. The van der Waals surface area contributed by atoms with Gasteiger partial charge in [0, 0.05) is 23.8 Å². The average Bonchev–Trinajstić information content (AvgIpc) is 2.90.